The predicted molar refractivity (Wildman–Crippen MR) is 93.3 cm³/mol. The molecule has 1 heterocycles. The topological polar surface area (TPSA) is 32.8 Å². The summed E-state index contributed by atoms with van der Waals surface area (Å²) >= 11 is 0. The Kier molecular flexibility index (Phi) is 6.90. The maximum atomic E-state index is 12.2. The van der Waals surface area contributed by atoms with Gasteiger partial charge in [-0.2, -0.15) is 0 Å². The lowest BCUT2D eigenvalue weighted by atomic mass is 10.0. The second-order valence-electron chi connectivity index (χ2n) is 6.75. The summed E-state index contributed by atoms with van der Waals surface area (Å²) in [6.45, 7) is 10.4. The molecule has 0 atom stereocenters. The molecule has 0 aliphatic carbocycles. The van der Waals surface area contributed by atoms with E-state index in [0.29, 0.717) is 18.6 Å². The van der Waals surface area contributed by atoms with Crippen LogP contribution in [-0.2, 0) is 11.3 Å². The molecule has 1 aliphatic rings. The summed E-state index contributed by atoms with van der Waals surface area (Å²) in [5.41, 5.74) is 1.36. The maximum absolute atomic E-state index is 12.2. The Morgan fingerprint density at radius 1 is 1.26 bits per heavy atom. The van der Waals surface area contributed by atoms with Crippen molar-refractivity contribution in [2.75, 3.05) is 26.2 Å². The van der Waals surface area contributed by atoms with Crippen molar-refractivity contribution in [3.8, 4) is 0 Å². The summed E-state index contributed by atoms with van der Waals surface area (Å²) in [7, 11) is 0. The third kappa shape index (κ3) is 5.54. The molecular formula is C19H30N2O2. The Balaban J connectivity index is 1.81. The summed E-state index contributed by atoms with van der Waals surface area (Å²) in [6.07, 6.45) is 1.90. The number of hydrogen-bond donors (Lipinski definition) is 0. The number of carbonyl (C=O) groups excluding carboxylic acids is 1. The van der Waals surface area contributed by atoms with Gasteiger partial charge in [-0.25, -0.2) is 4.79 Å². The highest BCUT2D eigenvalue weighted by Gasteiger charge is 2.27. The Hall–Kier alpha value is -1.55. The molecule has 23 heavy (non-hydrogen) atoms. The van der Waals surface area contributed by atoms with E-state index >= 15 is 0 Å². The molecular weight excluding hydrogens is 288 g/mol. The average molecular weight is 318 g/mol. The number of piperidine rings is 1. The van der Waals surface area contributed by atoms with E-state index in [4.69, 9.17) is 4.74 Å². The number of likely N-dealkylation sites (tertiary alicyclic amines) is 1. The molecule has 128 valence electrons. The van der Waals surface area contributed by atoms with Gasteiger partial charge in [-0.3, -0.25) is 4.90 Å². The monoisotopic (exact) mass is 318 g/mol. The highest BCUT2D eigenvalue weighted by molar-refractivity contribution is 5.68. The molecule has 1 saturated heterocycles. The highest BCUT2D eigenvalue weighted by atomic mass is 16.6. The molecule has 0 radical (unpaired) electrons. The summed E-state index contributed by atoms with van der Waals surface area (Å²) in [4.78, 5) is 16.6. The van der Waals surface area contributed by atoms with Crippen LogP contribution >= 0.6 is 0 Å². The fraction of sp³-hybridized carbons (Fsp3) is 0.632. The van der Waals surface area contributed by atoms with E-state index < -0.39 is 0 Å². The first-order valence-electron chi connectivity index (χ1n) is 8.79. The first kappa shape index (κ1) is 17.8. The standard InChI is InChI=1S/C19H30N2O2/c1-4-21(19(22)23-15-16(2)3)18-10-12-20(13-11-18)14-17-8-6-5-7-9-17/h5-9,16,18H,4,10-15H2,1-3H3. The van der Waals surface area contributed by atoms with Gasteiger partial charge in [-0.1, -0.05) is 44.2 Å². The lowest BCUT2D eigenvalue weighted by Crippen LogP contribution is -2.47. The summed E-state index contributed by atoms with van der Waals surface area (Å²) in [5, 5.41) is 0. The molecule has 0 saturated carbocycles. The smallest absolute Gasteiger partial charge is 0.410 e. The molecule has 1 fully saturated rings. The van der Waals surface area contributed by atoms with Gasteiger partial charge in [0.25, 0.3) is 0 Å². The molecule has 1 aromatic rings. The van der Waals surface area contributed by atoms with Crippen molar-refractivity contribution >= 4 is 6.09 Å². The second-order valence-corrected chi connectivity index (χ2v) is 6.75. The predicted octanol–water partition coefficient (Wildman–Crippen LogP) is 3.77. The van der Waals surface area contributed by atoms with E-state index in [1.807, 2.05) is 11.8 Å². The molecule has 1 aromatic carbocycles. The van der Waals surface area contributed by atoms with Crippen LogP contribution in [0.15, 0.2) is 30.3 Å². The van der Waals surface area contributed by atoms with Crippen LogP contribution in [-0.4, -0.2) is 48.2 Å². The van der Waals surface area contributed by atoms with E-state index in [2.05, 4.69) is 49.1 Å². The van der Waals surface area contributed by atoms with Crippen LogP contribution in [0.1, 0.15) is 39.2 Å². The first-order chi connectivity index (χ1) is 11.1. The number of rotatable bonds is 6. The Morgan fingerprint density at radius 2 is 1.91 bits per heavy atom. The van der Waals surface area contributed by atoms with Crippen LogP contribution in [0.3, 0.4) is 0 Å². The quantitative estimate of drug-likeness (QED) is 0.800. The van der Waals surface area contributed by atoms with E-state index in [1.54, 1.807) is 0 Å². The van der Waals surface area contributed by atoms with Crippen LogP contribution in [0, 0.1) is 5.92 Å². The maximum Gasteiger partial charge on any atom is 0.410 e. The molecule has 4 heteroatoms. The third-order valence-electron chi connectivity index (χ3n) is 4.36. The van der Waals surface area contributed by atoms with Crippen LogP contribution in [0.2, 0.25) is 0 Å². The fourth-order valence-corrected chi connectivity index (χ4v) is 3.09. The summed E-state index contributed by atoms with van der Waals surface area (Å²) in [6, 6.07) is 10.9. The lowest BCUT2D eigenvalue weighted by Gasteiger charge is -2.37. The minimum Gasteiger partial charge on any atom is -0.449 e. The molecule has 0 unspecified atom stereocenters. The molecule has 0 bridgehead atoms. The van der Waals surface area contributed by atoms with E-state index in [0.717, 1.165) is 39.0 Å². The number of carbonyl (C=O) groups is 1. The zero-order valence-corrected chi connectivity index (χ0v) is 14.7. The van der Waals surface area contributed by atoms with Crippen molar-refractivity contribution in [1.29, 1.82) is 0 Å². The second kappa shape index (κ2) is 8.92. The average Bonchev–Trinajstić information content (AvgIpc) is 2.56. The minimum atomic E-state index is -0.150. The van der Waals surface area contributed by atoms with Crippen LogP contribution in [0.5, 0.6) is 0 Å². The number of ether oxygens (including phenoxy) is 1. The van der Waals surface area contributed by atoms with Gasteiger partial charge in [0.2, 0.25) is 0 Å². The molecule has 2 rings (SSSR count). The highest BCUT2D eigenvalue weighted by Crippen LogP contribution is 2.19. The fourth-order valence-electron chi connectivity index (χ4n) is 3.09. The van der Waals surface area contributed by atoms with Crippen molar-refractivity contribution in [3.05, 3.63) is 35.9 Å². The number of benzene rings is 1. The van der Waals surface area contributed by atoms with Gasteiger partial charge in [0.05, 0.1) is 6.61 Å². The van der Waals surface area contributed by atoms with E-state index in [-0.39, 0.29) is 6.09 Å². The van der Waals surface area contributed by atoms with Crippen molar-refractivity contribution in [3.63, 3.8) is 0 Å². The van der Waals surface area contributed by atoms with Crippen molar-refractivity contribution in [2.24, 2.45) is 5.92 Å². The Morgan fingerprint density at radius 3 is 2.48 bits per heavy atom. The minimum absolute atomic E-state index is 0.150. The molecule has 4 nitrogen and oxygen atoms in total. The summed E-state index contributed by atoms with van der Waals surface area (Å²) < 4.78 is 5.41. The van der Waals surface area contributed by atoms with Crippen LogP contribution < -0.4 is 0 Å². The van der Waals surface area contributed by atoms with Crippen molar-refractivity contribution in [1.82, 2.24) is 9.80 Å². The van der Waals surface area contributed by atoms with Gasteiger partial charge in [0.1, 0.15) is 0 Å². The van der Waals surface area contributed by atoms with E-state index in [9.17, 15) is 4.79 Å². The van der Waals surface area contributed by atoms with Gasteiger partial charge < -0.3 is 9.64 Å². The Bertz CT molecular complexity index is 468. The van der Waals surface area contributed by atoms with Gasteiger partial charge >= 0.3 is 6.09 Å². The van der Waals surface area contributed by atoms with Crippen molar-refractivity contribution in [2.45, 2.75) is 46.2 Å². The van der Waals surface area contributed by atoms with Gasteiger partial charge in [0, 0.05) is 32.2 Å². The molecule has 0 spiro atoms. The first-order valence-corrected chi connectivity index (χ1v) is 8.79. The van der Waals surface area contributed by atoms with Gasteiger partial charge in [-0.15, -0.1) is 0 Å². The zero-order chi connectivity index (χ0) is 16.7. The van der Waals surface area contributed by atoms with Gasteiger partial charge in [-0.05, 0) is 31.2 Å². The third-order valence-corrected chi connectivity index (χ3v) is 4.36. The van der Waals surface area contributed by atoms with Crippen molar-refractivity contribution < 1.29 is 9.53 Å². The zero-order valence-electron chi connectivity index (χ0n) is 14.7. The largest absolute Gasteiger partial charge is 0.449 e. The molecule has 1 aliphatic heterocycles. The van der Waals surface area contributed by atoms with Crippen LogP contribution in [0.4, 0.5) is 4.79 Å². The number of hydrogen-bond acceptors (Lipinski definition) is 3. The number of amides is 1. The lowest BCUT2D eigenvalue weighted by molar-refractivity contribution is 0.0599. The Labute approximate surface area is 140 Å². The normalized spacial score (nSPS) is 16.5. The molecule has 0 aromatic heterocycles. The number of nitrogens with zero attached hydrogens (tertiary/aromatic N) is 2. The SMILES string of the molecule is CCN(C(=O)OCC(C)C)C1CCN(Cc2ccccc2)CC1. The van der Waals surface area contributed by atoms with E-state index in [1.165, 1.54) is 5.56 Å². The van der Waals surface area contributed by atoms with Crippen LogP contribution in [0.25, 0.3) is 0 Å². The molecule has 1 amide bonds. The van der Waals surface area contributed by atoms with Gasteiger partial charge in [0.15, 0.2) is 0 Å². The molecule has 0 N–H and O–H groups in total. The summed E-state index contributed by atoms with van der Waals surface area (Å²) in [5.74, 6) is 0.380.